The number of carbonyl (C=O) groups is 2. The third-order valence-corrected chi connectivity index (χ3v) is 3.14. The van der Waals surface area contributed by atoms with E-state index in [0.717, 1.165) is 18.5 Å². The van der Waals surface area contributed by atoms with Crippen molar-refractivity contribution < 1.29 is 14.7 Å². The van der Waals surface area contributed by atoms with E-state index < -0.39 is 5.97 Å². The Balaban J connectivity index is 1.68. The lowest BCUT2D eigenvalue weighted by atomic mass is 10.1. The van der Waals surface area contributed by atoms with Gasteiger partial charge in [0.1, 0.15) is 0 Å². The molecule has 104 valence electrons. The fourth-order valence-electron chi connectivity index (χ4n) is 1.97. The first-order valence-corrected chi connectivity index (χ1v) is 6.38. The molecule has 1 aliphatic rings. The summed E-state index contributed by atoms with van der Waals surface area (Å²) in [6.45, 7) is 0.485. The number of nitrogens with zero attached hydrogens (tertiary/aromatic N) is 1. The van der Waals surface area contributed by atoms with Crippen molar-refractivity contribution in [1.29, 1.82) is 0 Å². The fraction of sp³-hybridized carbons (Fsp3) is 0.583. The molecule has 7 heteroatoms. The first-order valence-electron chi connectivity index (χ1n) is 6.38. The number of urea groups is 1. The van der Waals surface area contributed by atoms with Gasteiger partial charge in [-0.3, -0.25) is 4.79 Å². The van der Waals surface area contributed by atoms with Crippen molar-refractivity contribution >= 4 is 12.0 Å². The largest absolute Gasteiger partial charge is 0.481 e. The van der Waals surface area contributed by atoms with Crippen molar-refractivity contribution in [3.8, 4) is 0 Å². The van der Waals surface area contributed by atoms with E-state index in [2.05, 4.69) is 20.6 Å². The lowest BCUT2D eigenvalue weighted by Gasteiger charge is -2.16. The van der Waals surface area contributed by atoms with Gasteiger partial charge in [0, 0.05) is 30.9 Å². The normalized spacial score (nSPS) is 15.8. The zero-order chi connectivity index (χ0) is 13.7. The van der Waals surface area contributed by atoms with Gasteiger partial charge in [-0.25, -0.2) is 9.78 Å². The summed E-state index contributed by atoms with van der Waals surface area (Å²) in [5.41, 5.74) is 0.949. The van der Waals surface area contributed by atoms with E-state index in [1.54, 1.807) is 12.5 Å². The Kier molecular flexibility index (Phi) is 4.38. The Morgan fingerprint density at radius 3 is 2.89 bits per heavy atom. The molecule has 0 bridgehead atoms. The number of aromatic amines is 1. The van der Waals surface area contributed by atoms with Crippen LogP contribution >= 0.6 is 0 Å². The number of amides is 2. The highest BCUT2D eigenvalue weighted by Gasteiger charge is 2.33. The number of nitrogens with one attached hydrogen (secondary N) is 3. The molecule has 1 fully saturated rings. The molecular formula is C12H18N4O3. The molecule has 0 radical (unpaired) electrons. The lowest BCUT2D eigenvalue weighted by Crippen LogP contribution is -2.44. The summed E-state index contributed by atoms with van der Waals surface area (Å²) in [6, 6.07) is -0.567. The number of imidazole rings is 1. The molecule has 0 spiro atoms. The molecule has 19 heavy (non-hydrogen) atoms. The fourth-order valence-corrected chi connectivity index (χ4v) is 1.97. The smallest absolute Gasteiger partial charge is 0.315 e. The maximum absolute atomic E-state index is 11.7. The standard InChI is InChI=1S/C12H18N4O3/c17-11(18)5-10(8-1-2-8)16-12(19)14-4-3-9-6-13-7-15-9/h6-8,10H,1-5H2,(H,13,15)(H,17,18)(H2,14,16,19). The molecule has 1 aromatic rings. The second kappa shape index (κ2) is 6.21. The zero-order valence-corrected chi connectivity index (χ0v) is 10.6. The Hall–Kier alpha value is -2.05. The van der Waals surface area contributed by atoms with E-state index in [9.17, 15) is 9.59 Å². The van der Waals surface area contributed by atoms with Crippen LogP contribution < -0.4 is 10.6 Å². The van der Waals surface area contributed by atoms with Crippen LogP contribution in [-0.2, 0) is 11.2 Å². The minimum Gasteiger partial charge on any atom is -0.481 e. The predicted molar refractivity (Wildman–Crippen MR) is 67.6 cm³/mol. The van der Waals surface area contributed by atoms with Gasteiger partial charge in [0.05, 0.1) is 12.7 Å². The number of aromatic nitrogens is 2. The van der Waals surface area contributed by atoms with Crippen LogP contribution in [0.3, 0.4) is 0 Å². The van der Waals surface area contributed by atoms with Gasteiger partial charge in [0.15, 0.2) is 0 Å². The second-order valence-corrected chi connectivity index (χ2v) is 4.77. The van der Waals surface area contributed by atoms with Gasteiger partial charge >= 0.3 is 12.0 Å². The molecule has 1 atom stereocenters. The van der Waals surface area contributed by atoms with Crippen LogP contribution in [0.15, 0.2) is 12.5 Å². The Morgan fingerprint density at radius 2 is 2.32 bits per heavy atom. The van der Waals surface area contributed by atoms with Gasteiger partial charge in [0.25, 0.3) is 0 Å². The Bertz CT molecular complexity index is 428. The van der Waals surface area contributed by atoms with Crippen LogP contribution in [-0.4, -0.2) is 39.7 Å². The molecule has 1 aliphatic carbocycles. The number of aliphatic carboxylic acids is 1. The molecule has 1 unspecified atom stereocenters. The van der Waals surface area contributed by atoms with Gasteiger partial charge in [-0.15, -0.1) is 0 Å². The molecule has 0 saturated heterocycles. The molecule has 4 N–H and O–H groups in total. The molecule has 0 aromatic carbocycles. The van der Waals surface area contributed by atoms with Crippen molar-refractivity contribution in [1.82, 2.24) is 20.6 Å². The molecular weight excluding hydrogens is 248 g/mol. The lowest BCUT2D eigenvalue weighted by molar-refractivity contribution is -0.137. The van der Waals surface area contributed by atoms with E-state index in [0.29, 0.717) is 18.9 Å². The second-order valence-electron chi connectivity index (χ2n) is 4.77. The summed E-state index contributed by atoms with van der Waals surface area (Å²) in [7, 11) is 0. The topological polar surface area (TPSA) is 107 Å². The molecule has 2 rings (SSSR count). The maximum Gasteiger partial charge on any atom is 0.315 e. The van der Waals surface area contributed by atoms with E-state index in [-0.39, 0.29) is 18.5 Å². The van der Waals surface area contributed by atoms with Crippen LogP contribution in [0.25, 0.3) is 0 Å². The number of H-pyrrole nitrogens is 1. The monoisotopic (exact) mass is 266 g/mol. The molecule has 2 amide bonds. The van der Waals surface area contributed by atoms with E-state index in [4.69, 9.17) is 5.11 Å². The average Bonchev–Trinajstić information content (AvgIpc) is 3.07. The van der Waals surface area contributed by atoms with E-state index in [1.807, 2.05) is 0 Å². The zero-order valence-electron chi connectivity index (χ0n) is 10.6. The minimum atomic E-state index is -0.880. The van der Waals surface area contributed by atoms with Gasteiger partial charge in [-0.2, -0.15) is 0 Å². The number of rotatable bonds is 7. The Labute approximate surface area is 110 Å². The van der Waals surface area contributed by atoms with Crippen molar-refractivity contribution in [3.63, 3.8) is 0 Å². The van der Waals surface area contributed by atoms with Gasteiger partial charge in [-0.1, -0.05) is 0 Å². The van der Waals surface area contributed by atoms with Gasteiger partial charge in [0.2, 0.25) is 0 Å². The average molecular weight is 266 g/mol. The highest BCUT2D eigenvalue weighted by Crippen LogP contribution is 2.33. The quantitative estimate of drug-likeness (QED) is 0.576. The molecule has 1 saturated carbocycles. The number of hydrogen-bond donors (Lipinski definition) is 4. The van der Waals surface area contributed by atoms with E-state index >= 15 is 0 Å². The van der Waals surface area contributed by atoms with Crippen LogP contribution in [0, 0.1) is 5.92 Å². The van der Waals surface area contributed by atoms with Crippen LogP contribution in [0.1, 0.15) is 25.0 Å². The minimum absolute atomic E-state index is 0.0152. The first-order chi connectivity index (χ1) is 9.15. The molecule has 7 nitrogen and oxygen atoms in total. The molecule has 0 aliphatic heterocycles. The summed E-state index contributed by atoms with van der Waals surface area (Å²) in [5.74, 6) is -0.566. The SMILES string of the molecule is O=C(O)CC(NC(=O)NCCc1cnc[nH]1)C1CC1. The Morgan fingerprint density at radius 1 is 1.53 bits per heavy atom. The molecule has 1 heterocycles. The van der Waals surface area contributed by atoms with Crippen LogP contribution in [0.4, 0.5) is 4.79 Å². The number of hydrogen-bond acceptors (Lipinski definition) is 3. The first kappa shape index (κ1) is 13.4. The highest BCUT2D eigenvalue weighted by molar-refractivity contribution is 5.75. The van der Waals surface area contributed by atoms with Crippen molar-refractivity contribution in [3.05, 3.63) is 18.2 Å². The third kappa shape index (κ3) is 4.61. The summed E-state index contributed by atoms with van der Waals surface area (Å²) in [5, 5.41) is 14.2. The number of carboxylic acids is 1. The maximum atomic E-state index is 11.7. The van der Waals surface area contributed by atoms with Crippen LogP contribution in [0.5, 0.6) is 0 Å². The van der Waals surface area contributed by atoms with Crippen LogP contribution in [0.2, 0.25) is 0 Å². The van der Waals surface area contributed by atoms with Gasteiger partial charge in [-0.05, 0) is 18.8 Å². The summed E-state index contributed by atoms with van der Waals surface area (Å²) in [4.78, 5) is 29.2. The predicted octanol–water partition coefficient (Wildman–Crippen LogP) is 0.505. The van der Waals surface area contributed by atoms with Crippen molar-refractivity contribution in [2.45, 2.75) is 31.7 Å². The van der Waals surface area contributed by atoms with E-state index in [1.165, 1.54) is 0 Å². The summed E-state index contributed by atoms with van der Waals surface area (Å²) < 4.78 is 0. The number of carboxylic acid groups (broad SMARTS) is 1. The third-order valence-electron chi connectivity index (χ3n) is 3.14. The van der Waals surface area contributed by atoms with Crippen molar-refractivity contribution in [2.75, 3.05) is 6.54 Å². The highest BCUT2D eigenvalue weighted by atomic mass is 16.4. The molecule has 1 aromatic heterocycles. The van der Waals surface area contributed by atoms with Gasteiger partial charge < -0.3 is 20.7 Å². The van der Waals surface area contributed by atoms with Crippen molar-refractivity contribution in [2.24, 2.45) is 5.92 Å². The number of carbonyl (C=O) groups excluding carboxylic acids is 1. The summed E-state index contributed by atoms with van der Waals surface area (Å²) >= 11 is 0. The summed E-state index contributed by atoms with van der Waals surface area (Å²) in [6.07, 6.45) is 5.93.